The Morgan fingerprint density at radius 1 is 1.58 bits per heavy atom. The lowest BCUT2D eigenvalue weighted by Gasteiger charge is -2.46. The highest BCUT2D eigenvalue weighted by Gasteiger charge is 2.41. The van der Waals surface area contributed by atoms with Gasteiger partial charge in [-0.3, -0.25) is 9.20 Å². The van der Waals surface area contributed by atoms with Crippen molar-refractivity contribution in [2.45, 2.75) is 32.3 Å². The third-order valence-corrected chi connectivity index (χ3v) is 4.61. The van der Waals surface area contributed by atoms with Crippen LogP contribution in [0.2, 0.25) is 0 Å². The maximum Gasteiger partial charge on any atom is 0.228 e. The summed E-state index contributed by atoms with van der Waals surface area (Å²) in [6.45, 7) is 4.80. The van der Waals surface area contributed by atoms with Gasteiger partial charge in [0.2, 0.25) is 5.91 Å². The highest BCUT2D eigenvalue weighted by atomic mass is 32.1. The van der Waals surface area contributed by atoms with Gasteiger partial charge in [0.15, 0.2) is 4.96 Å². The molecule has 1 N–H and O–H groups in total. The van der Waals surface area contributed by atoms with E-state index in [9.17, 15) is 9.90 Å². The molecule has 0 aliphatic carbocycles. The molecule has 0 atom stereocenters. The highest BCUT2D eigenvalue weighted by molar-refractivity contribution is 7.15. The van der Waals surface area contributed by atoms with E-state index in [2.05, 4.69) is 4.98 Å². The van der Waals surface area contributed by atoms with Gasteiger partial charge in [-0.2, -0.15) is 0 Å². The minimum absolute atomic E-state index is 0.0733. The van der Waals surface area contributed by atoms with E-state index in [1.807, 2.05) is 29.8 Å². The summed E-state index contributed by atoms with van der Waals surface area (Å²) in [6, 6.07) is 0. The number of rotatable bonds is 3. The minimum atomic E-state index is -0.661. The number of fused-ring (bicyclic) bond motifs is 1. The highest BCUT2D eigenvalue weighted by Crippen LogP contribution is 2.25. The molecule has 102 valence electrons. The molecule has 0 bridgehead atoms. The number of carbonyl (C=O) groups is 1. The Bertz CT molecular complexity index is 625. The summed E-state index contributed by atoms with van der Waals surface area (Å²) in [4.78, 5) is 19.1. The van der Waals surface area contributed by atoms with E-state index in [1.165, 1.54) is 0 Å². The number of aliphatic hydroxyl groups is 1. The summed E-state index contributed by atoms with van der Waals surface area (Å²) < 4.78 is 1.98. The number of amides is 1. The predicted octanol–water partition coefficient (Wildman–Crippen LogP) is 1.23. The third-order valence-electron chi connectivity index (χ3n) is 3.72. The van der Waals surface area contributed by atoms with Crippen molar-refractivity contribution >= 4 is 22.2 Å². The van der Waals surface area contributed by atoms with E-state index in [0.717, 1.165) is 16.3 Å². The fourth-order valence-electron chi connectivity index (χ4n) is 2.40. The zero-order valence-corrected chi connectivity index (χ0v) is 11.9. The molecule has 1 aliphatic heterocycles. The van der Waals surface area contributed by atoms with Crippen molar-refractivity contribution in [1.29, 1.82) is 0 Å². The largest absolute Gasteiger partial charge is 0.386 e. The van der Waals surface area contributed by atoms with E-state index in [1.54, 1.807) is 16.2 Å². The summed E-state index contributed by atoms with van der Waals surface area (Å²) in [6.07, 6.45) is 3.02. The van der Waals surface area contributed by atoms with Crippen molar-refractivity contribution in [2.24, 2.45) is 0 Å². The fourth-order valence-corrected chi connectivity index (χ4v) is 3.32. The number of carbonyl (C=O) groups excluding carboxylic acids is 1. The smallest absolute Gasteiger partial charge is 0.228 e. The molecule has 1 amide bonds. The zero-order valence-electron chi connectivity index (χ0n) is 11.1. The number of hydrogen-bond donors (Lipinski definition) is 1. The number of β-amino-alcohol motifs (C(OH)–C–C–N with tert-alkyl or cyclic N) is 1. The first-order chi connectivity index (χ1) is 9.00. The molecule has 0 spiro atoms. The minimum Gasteiger partial charge on any atom is -0.386 e. The van der Waals surface area contributed by atoms with Crippen LogP contribution >= 0.6 is 11.3 Å². The van der Waals surface area contributed by atoms with Crippen molar-refractivity contribution in [3.8, 4) is 0 Å². The summed E-state index contributed by atoms with van der Waals surface area (Å²) in [7, 11) is 0. The number of aromatic nitrogens is 2. The first-order valence-corrected chi connectivity index (χ1v) is 7.31. The van der Waals surface area contributed by atoms with E-state index >= 15 is 0 Å². The second kappa shape index (κ2) is 4.31. The molecule has 0 aromatic carbocycles. The molecular weight excluding hydrogens is 262 g/mol. The Morgan fingerprint density at radius 3 is 3.00 bits per heavy atom. The van der Waals surface area contributed by atoms with E-state index < -0.39 is 5.60 Å². The van der Waals surface area contributed by atoms with Crippen molar-refractivity contribution < 1.29 is 9.90 Å². The Morgan fingerprint density at radius 2 is 2.32 bits per heavy atom. The van der Waals surface area contributed by atoms with Gasteiger partial charge in [0.1, 0.15) is 0 Å². The molecule has 19 heavy (non-hydrogen) atoms. The summed E-state index contributed by atoms with van der Waals surface area (Å²) in [5.41, 5.74) is 1.27. The van der Waals surface area contributed by atoms with Crippen LogP contribution in [0, 0.1) is 6.92 Å². The van der Waals surface area contributed by atoms with Crippen molar-refractivity contribution in [1.82, 2.24) is 14.3 Å². The molecule has 1 fully saturated rings. The fraction of sp³-hybridized carbons (Fsp3) is 0.538. The molecule has 3 rings (SSSR count). The molecule has 2 aromatic rings. The zero-order chi connectivity index (χ0) is 13.6. The van der Waals surface area contributed by atoms with Gasteiger partial charge in [0.25, 0.3) is 0 Å². The monoisotopic (exact) mass is 279 g/mol. The van der Waals surface area contributed by atoms with Crippen molar-refractivity contribution in [2.75, 3.05) is 13.1 Å². The lowest BCUT2D eigenvalue weighted by molar-refractivity contribution is -0.155. The van der Waals surface area contributed by atoms with Gasteiger partial charge in [-0.05, 0) is 13.3 Å². The summed E-state index contributed by atoms with van der Waals surface area (Å²) in [5.74, 6) is 0.0733. The summed E-state index contributed by atoms with van der Waals surface area (Å²) in [5, 5.41) is 11.9. The van der Waals surface area contributed by atoms with E-state index in [4.69, 9.17) is 0 Å². The van der Waals surface area contributed by atoms with Crippen LogP contribution in [-0.2, 0) is 11.2 Å². The molecule has 1 aliphatic rings. The molecular formula is C13H17N3O2S. The molecule has 0 radical (unpaired) electrons. The summed E-state index contributed by atoms with van der Waals surface area (Å²) >= 11 is 1.55. The lowest BCUT2D eigenvalue weighted by Crippen LogP contribution is -2.63. The van der Waals surface area contributed by atoms with Gasteiger partial charge in [-0.1, -0.05) is 6.92 Å². The first kappa shape index (κ1) is 12.6. The molecule has 1 saturated heterocycles. The Hall–Kier alpha value is -1.40. The number of imidazole rings is 1. The average Bonchev–Trinajstić information content (AvgIpc) is 2.86. The average molecular weight is 279 g/mol. The SMILES string of the molecule is CCC1(O)CN(C(=O)Cc2csc3nc(C)cn23)C1. The topological polar surface area (TPSA) is 57.8 Å². The lowest BCUT2D eigenvalue weighted by atomic mass is 9.91. The normalized spacial score (nSPS) is 17.7. The standard InChI is InChI=1S/C13H17N3O2S/c1-3-13(18)7-15(8-13)11(17)4-10-6-19-12-14-9(2)5-16(10)12/h5-6,18H,3-4,7-8H2,1-2H3. The van der Waals surface area contributed by atoms with Crippen LogP contribution in [0.1, 0.15) is 24.7 Å². The molecule has 0 unspecified atom stereocenters. The number of aryl methyl sites for hydroxylation is 1. The van der Waals surface area contributed by atoms with Crippen LogP contribution in [0.4, 0.5) is 0 Å². The van der Waals surface area contributed by atoms with Gasteiger partial charge >= 0.3 is 0 Å². The second-order valence-corrected chi connectivity index (χ2v) is 6.10. The number of thiazole rings is 1. The van der Waals surface area contributed by atoms with Crippen molar-refractivity contribution in [3.63, 3.8) is 0 Å². The number of hydrogen-bond acceptors (Lipinski definition) is 4. The molecule has 6 heteroatoms. The second-order valence-electron chi connectivity index (χ2n) is 5.27. The maximum atomic E-state index is 12.1. The van der Waals surface area contributed by atoms with Crippen LogP contribution in [0.3, 0.4) is 0 Å². The first-order valence-electron chi connectivity index (χ1n) is 6.43. The van der Waals surface area contributed by atoms with Gasteiger partial charge in [0.05, 0.1) is 30.8 Å². The number of likely N-dealkylation sites (tertiary alicyclic amines) is 1. The van der Waals surface area contributed by atoms with Crippen LogP contribution in [0.15, 0.2) is 11.6 Å². The van der Waals surface area contributed by atoms with Crippen LogP contribution in [0.25, 0.3) is 4.96 Å². The van der Waals surface area contributed by atoms with Gasteiger partial charge in [-0.15, -0.1) is 11.3 Å². The molecule has 2 aromatic heterocycles. The van der Waals surface area contributed by atoms with Crippen LogP contribution in [0.5, 0.6) is 0 Å². The molecule has 3 heterocycles. The molecule has 5 nitrogen and oxygen atoms in total. The van der Waals surface area contributed by atoms with Gasteiger partial charge in [-0.25, -0.2) is 4.98 Å². The Kier molecular flexibility index (Phi) is 2.87. The van der Waals surface area contributed by atoms with Crippen LogP contribution < -0.4 is 0 Å². The number of nitrogens with zero attached hydrogens (tertiary/aromatic N) is 3. The molecule has 0 saturated carbocycles. The predicted molar refractivity (Wildman–Crippen MR) is 73.3 cm³/mol. The van der Waals surface area contributed by atoms with Gasteiger partial charge < -0.3 is 10.0 Å². The Balaban J connectivity index is 1.70. The quantitative estimate of drug-likeness (QED) is 0.919. The van der Waals surface area contributed by atoms with Crippen molar-refractivity contribution in [3.05, 3.63) is 23.0 Å². The Labute approximate surface area is 115 Å². The third kappa shape index (κ3) is 2.15. The van der Waals surface area contributed by atoms with E-state index in [0.29, 0.717) is 25.9 Å². The van der Waals surface area contributed by atoms with E-state index in [-0.39, 0.29) is 5.91 Å². The maximum absolute atomic E-state index is 12.1. The van der Waals surface area contributed by atoms with Crippen LogP contribution in [-0.4, -0.2) is 44.0 Å². The van der Waals surface area contributed by atoms with Gasteiger partial charge in [0, 0.05) is 17.3 Å².